The number of benzene rings is 3. The molecular weight excluding hydrogens is 536 g/mol. The van der Waals surface area contributed by atoms with Gasteiger partial charge in [-0.05, 0) is 74.7 Å². The molecule has 10 nitrogen and oxygen atoms in total. The van der Waals surface area contributed by atoms with Crippen molar-refractivity contribution < 1.29 is 23.8 Å². The van der Waals surface area contributed by atoms with Gasteiger partial charge in [-0.3, -0.25) is 9.69 Å². The number of hydrogen-bond acceptors (Lipinski definition) is 7. The maximum atomic E-state index is 13.7. The summed E-state index contributed by atoms with van der Waals surface area (Å²) in [7, 11) is 3.27. The van der Waals surface area contributed by atoms with Crippen LogP contribution in [0.15, 0.2) is 75.9 Å². The molecular formula is C32H36N4O6. The smallest absolute Gasteiger partial charge is 0.408 e. The lowest BCUT2D eigenvalue weighted by Crippen LogP contribution is -2.44. The molecule has 0 fully saturated rings. The second-order valence-electron chi connectivity index (χ2n) is 11.1. The molecule has 0 aliphatic rings. The largest absolute Gasteiger partial charge is 0.497 e. The summed E-state index contributed by atoms with van der Waals surface area (Å²) in [4.78, 5) is 46.2. The van der Waals surface area contributed by atoms with Gasteiger partial charge in [-0.25, -0.2) is 9.59 Å². The maximum Gasteiger partial charge on any atom is 0.408 e. The number of hydrogen-bond donors (Lipinski definition) is 2. The fourth-order valence-corrected chi connectivity index (χ4v) is 4.72. The zero-order chi connectivity index (χ0) is 30.6. The first-order valence-corrected chi connectivity index (χ1v) is 13.5. The minimum absolute atomic E-state index is 0.0881. The standard InChI is InChI=1S/C32H36N4O6/c1-20-22(19-36(31(39)40)32(2,3)4)14-17-25-27(20)29(38)42-30(33-25)34-26(18-21-12-15-24(41-6)16-13-21)28(37)35(5)23-10-8-7-9-11-23/h7-17,26H,18-19H2,1-6H3,(H,33,34)(H,39,40)/t26-/m0/s1. The second kappa shape index (κ2) is 12.3. The first-order valence-electron chi connectivity index (χ1n) is 13.5. The summed E-state index contributed by atoms with van der Waals surface area (Å²) in [6.07, 6.45) is -0.765. The van der Waals surface area contributed by atoms with Crippen molar-refractivity contribution in [2.45, 2.75) is 52.2 Å². The number of para-hydroxylation sites is 1. The molecule has 2 N–H and O–H groups in total. The molecule has 0 saturated heterocycles. The van der Waals surface area contributed by atoms with Crippen molar-refractivity contribution in [3.05, 3.63) is 93.8 Å². The summed E-state index contributed by atoms with van der Waals surface area (Å²) in [6.45, 7) is 7.28. The topological polar surface area (TPSA) is 125 Å². The van der Waals surface area contributed by atoms with Crippen molar-refractivity contribution in [3.8, 4) is 5.75 Å². The van der Waals surface area contributed by atoms with E-state index in [1.54, 1.807) is 38.1 Å². The van der Waals surface area contributed by atoms with E-state index in [9.17, 15) is 19.5 Å². The van der Waals surface area contributed by atoms with Gasteiger partial charge in [0.15, 0.2) is 0 Å². The van der Waals surface area contributed by atoms with E-state index >= 15 is 0 Å². The van der Waals surface area contributed by atoms with Gasteiger partial charge in [0.05, 0.1) is 18.0 Å². The van der Waals surface area contributed by atoms with E-state index in [1.807, 2.05) is 75.4 Å². The van der Waals surface area contributed by atoms with E-state index < -0.39 is 23.3 Å². The van der Waals surface area contributed by atoms with Crippen LogP contribution < -0.4 is 20.6 Å². The Morgan fingerprint density at radius 1 is 1.05 bits per heavy atom. The maximum absolute atomic E-state index is 13.7. The highest BCUT2D eigenvalue weighted by atomic mass is 16.5. The molecule has 0 bridgehead atoms. The summed E-state index contributed by atoms with van der Waals surface area (Å²) in [5.74, 6) is 0.450. The predicted molar refractivity (Wildman–Crippen MR) is 162 cm³/mol. The summed E-state index contributed by atoms with van der Waals surface area (Å²) >= 11 is 0. The highest BCUT2D eigenvalue weighted by molar-refractivity contribution is 5.98. The SMILES string of the molecule is COc1ccc(C[C@H](Nc2nc3ccc(CN(C(=O)O)C(C)(C)C)c(C)c3c(=O)o2)C(=O)N(C)c2ccccc2)cc1. The summed E-state index contributed by atoms with van der Waals surface area (Å²) in [5.41, 5.74) is 1.95. The quantitative estimate of drug-likeness (QED) is 0.271. The van der Waals surface area contributed by atoms with E-state index in [-0.39, 0.29) is 23.9 Å². The minimum Gasteiger partial charge on any atom is -0.497 e. The van der Waals surface area contributed by atoms with E-state index in [2.05, 4.69) is 10.3 Å². The number of aromatic nitrogens is 1. The zero-order valence-electron chi connectivity index (χ0n) is 24.7. The molecule has 220 valence electrons. The van der Waals surface area contributed by atoms with Crippen molar-refractivity contribution in [3.63, 3.8) is 0 Å². The van der Waals surface area contributed by atoms with Crippen LogP contribution in [-0.4, -0.2) is 52.7 Å². The van der Waals surface area contributed by atoms with Gasteiger partial charge in [0.25, 0.3) is 6.01 Å². The number of likely N-dealkylation sites (N-methyl/N-ethyl adjacent to an activating group) is 1. The summed E-state index contributed by atoms with van der Waals surface area (Å²) < 4.78 is 10.8. The molecule has 1 atom stereocenters. The molecule has 10 heteroatoms. The number of anilines is 2. The fraction of sp³-hybridized carbons (Fsp3) is 0.312. The molecule has 0 unspecified atom stereocenters. The third-order valence-electron chi connectivity index (χ3n) is 7.21. The third kappa shape index (κ3) is 6.71. The van der Waals surface area contributed by atoms with Gasteiger partial charge in [-0.2, -0.15) is 4.98 Å². The minimum atomic E-state index is -1.06. The van der Waals surface area contributed by atoms with Crippen LogP contribution in [0.3, 0.4) is 0 Å². The first kappa shape index (κ1) is 30.1. The number of amides is 2. The Bertz CT molecular complexity index is 1630. The summed E-state index contributed by atoms with van der Waals surface area (Å²) in [6, 6.07) is 19.1. The van der Waals surface area contributed by atoms with E-state index in [4.69, 9.17) is 9.15 Å². The number of nitrogens with one attached hydrogen (secondary N) is 1. The Morgan fingerprint density at radius 2 is 1.71 bits per heavy atom. The lowest BCUT2D eigenvalue weighted by atomic mass is 10.0. The molecule has 0 saturated carbocycles. The van der Waals surface area contributed by atoms with Gasteiger partial charge in [0, 0.05) is 31.2 Å². The third-order valence-corrected chi connectivity index (χ3v) is 7.21. The van der Waals surface area contributed by atoms with Gasteiger partial charge in [0.1, 0.15) is 11.8 Å². The van der Waals surface area contributed by atoms with Crippen LogP contribution >= 0.6 is 0 Å². The normalized spacial score (nSPS) is 12.0. The second-order valence-corrected chi connectivity index (χ2v) is 11.1. The molecule has 2 amide bonds. The molecule has 1 aromatic heterocycles. The number of methoxy groups -OCH3 is 1. The molecule has 4 rings (SSSR count). The average Bonchev–Trinajstić information content (AvgIpc) is 2.95. The Balaban J connectivity index is 1.68. The Morgan fingerprint density at radius 3 is 2.31 bits per heavy atom. The van der Waals surface area contributed by atoms with Crippen molar-refractivity contribution in [1.29, 1.82) is 0 Å². The van der Waals surface area contributed by atoms with Gasteiger partial charge >= 0.3 is 11.7 Å². The van der Waals surface area contributed by atoms with Crippen molar-refractivity contribution in [2.24, 2.45) is 0 Å². The monoisotopic (exact) mass is 572 g/mol. The van der Waals surface area contributed by atoms with Crippen LogP contribution in [0.5, 0.6) is 5.75 Å². The van der Waals surface area contributed by atoms with Crippen LogP contribution in [-0.2, 0) is 17.8 Å². The molecule has 0 aliphatic heterocycles. The van der Waals surface area contributed by atoms with Gasteiger partial charge in [-0.15, -0.1) is 0 Å². The highest BCUT2D eigenvalue weighted by Crippen LogP contribution is 2.25. The van der Waals surface area contributed by atoms with Gasteiger partial charge < -0.3 is 24.5 Å². The predicted octanol–water partition coefficient (Wildman–Crippen LogP) is 5.47. The molecule has 0 radical (unpaired) electrons. The van der Waals surface area contributed by atoms with Gasteiger partial charge in [-0.1, -0.05) is 36.4 Å². The number of fused-ring (bicyclic) bond motifs is 1. The molecule has 42 heavy (non-hydrogen) atoms. The van der Waals surface area contributed by atoms with E-state index in [0.717, 1.165) is 5.56 Å². The first-order chi connectivity index (χ1) is 19.9. The fourth-order valence-electron chi connectivity index (χ4n) is 4.72. The molecule has 0 aliphatic carbocycles. The van der Waals surface area contributed by atoms with Crippen LogP contribution in [0.25, 0.3) is 10.9 Å². The molecule has 1 heterocycles. The number of aryl methyl sites for hydroxylation is 1. The lowest BCUT2D eigenvalue weighted by molar-refractivity contribution is -0.119. The number of carbonyl (C=O) groups excluding carboxylic acids is 1. The Labute approximate surface area is 244 Å². The van der Waals surface area contributed by atoms with Crippen molar-refractivity contribution in [2.75, 3.05) is 24.4 Å². The summed E-state index contributed by atoms with van der Waals surface area (Å²) in [5, 5.41) is 13.0. The number of rotatable bonds is 9. The number of carboxylic acid groups (broad SMARTS) is 1. The lowest BCUT2D eigenvalue weighted by Gasteiger charge is -2.33. The Hall–Kier alpha value is -4.86. The van der Waals surface area contributed by atoms with Crippen LogP contribution in [0.2, 0.25) is 0 Å². The van der Waals surface area contributed by atoms with Crippen LogP contribution in [0.4, 0.5) is 16.5 Å². The van der Waals surface area contributed by atoms with E-state index in [0.29, 0.717) is 34.5 Å². The van der Waals surface area contributed by atoms with Gasteiger partial charge in [0.2, 0.25) is 5.91 Å². The Kier molecular flexibility index (Phi) is 8.84. The number of nitrogens with zero attached hydrogens (tertiary/aromatic N) is 3. The van der Waals surface area contributed by atoms with E-state index in [1.165, 1.54) is 4.90 Å². The molecule has 3 aromatic carbocycles. The van der Waals surface area contributed by atoms with Crippen LogP contribution in [0, 0.1) is 6.92 Å². The highest BCUT2D eigenvalue weighted by Gasteiger charge is 2.28. The van der Waals surface area contributed by atoms with Crippen molar-refractivity contribution in [1.82, 2.24) is 9.88 Å². The number of carbonyl (C=O) groups is 2. The molecule has 4 aromatic rings. The number of ether oxygens (including phenoxy) is 1. The zero-order valence-corrected chi connectivity index (χ0v) is 24.7. The average molecular weight is 573 g/mol. The molecule has 0 spiro atoms. The van der Waals surface area contributed by atoms with Crippen LogP contribution in [0.1, 0.15) is 37.5 Å². The van der Waals surface area contributed by atoms with Crippen molar-refractivity contribution >= 4 is 34.6 Å².